The minimum Gasteiger partial charge on any atom is -0.433 e. The summed E-state index contributed by atoms with van der Waals surface area (Å²) in [4.78, 5) is 19.8. The first-order valence-electron chi connectivity index (χ1n) is 11.6. The van der Waals surface area contributed by atoms with Crippen molar-refractivity contribution in [3.05, 3.63) is 53.3 Å². The van der Waals surface area contributed by atoms with Crippen LogP contribution in [-0.2, 0) is 0 Å². The first kappa shape index (κ1) is 22.4. The highest BCUT2D eigenvalue weighted by Gasteiger charge is 2.35. The monoisotopic (exact) mass is 464 g/mol. The van der Waals surface area contributed by atoms with Crippen LogP contribution in [0.1, 0.15) is 54.0 Å². The molecule has 1 atom stereocenters. The first-order chi connectivity index (χ1) is 16.5. The highest BCUT2D eigenvalue weighted by Crippen LogP contribution is 2.40. The van der Waals surface area contributed by atoms with E-state index < -0.39 is 6.61 Å². The Kier molecular flexibility index (Phi) is 5.96. The van der Waals surface area contributed by atoms with Crippen molar-refractivity contribution in [1.29, 1.82) is 0 Å². The molecule has 176 valence electrons. The first-order valence-corrected chi connectivity index (χ1v) is 11.6. The molecule has 0 spiro atoms. The number of alkyl halides is 2. The second-order valence-electron chi connectivity index (χ2n) is 8.67. The molecular formula is C26H26F2N4O2. The number of benzene rings is 2. The molecule has 0 bridgehead atoms. The Morgan fingerprint density at radius 3 is 2.76 bits per heavy atom. The maximum atomic E-state index is 13.3. The van der Waals surface area contributed by atoms with E-state index in [1.54, 1.807) is 28.6 Å². The summed E-state index contributed by atoms with van der Waals surface area (Å²) in [6.45, 7) is 0.894. The lowest BCUT2D eigenvalue weighted by Crippen LogP contribution is -2.30. The quantitative estimate of drug-likeness (QED) is 0.580. The fraction of sp³-hybridized carbons (Fsp3) is 0.385. The number of ether oxygens (including phenoxy) is 1. The molecule has 0 aliphatic carbocycles. The smallest absolute Gasteiger partial charge is 0.387 e. The number of hydrogen-bond donors (Lipinski definition) is 1. The van der Waals surface area contributed by atoms with Gasteiger partial charge in [0.1, 0.15) is 11.5 Å². The third kappa shape index (κ3) is 3.90. The van der Waals surface area contributed by atoms with Gasteiger partial charge in [-0.3, -0.25) is 9.36 Å². The molecule has 5 rings (SSSR count). The van der Waals surface area contributed by atoms with E-state index in [0.29, 0.717) is 34.8 Å². The number of piperidine rings is 1. The number of nitrogens with one attached hydrogen (secondary N) is 1. The molecule has 3 aromatic rings. The van der Waals surface area contributed by atoms with Crippen LogP contribution in [-0.4, -0.2) is 47.1 Å². The van der Waals surface area contributed by atoms with Crippen LogP contribution in [0.25, 0.3) is 16.7 Å². The lowest BCUT2D eigenvalue weighted by molar-refractivity contribution is -0.0498. The van der Waals surface area contributed by atoms with Gasteiger partial charge in [0.2, 0.25) is 0 Å². The predicted octanol–water partition coefficient (Wildman–Crippen LogP) is 4.51. The number of carbonyl (C=O) groups excluding carboxylic acids is 1. The van der Waals surface area contributed by atoms with E-state index >= 15 is 0 Å². The molecule has 0 saturated carbocycles. The maximum Gasteiger partial charge on any atom is 0.387 e. The standard InChI is InChI=1S/C26H26F2N4O2/c1-3-20-24-30-19-10-9-17(8-7-16-11-13-29-14-12-16)15-21(19)32(24)23-18(25(33)31(20)2)5-4-6-22(23)34-26(27)28/h4-6,9-10,15-16,20,26,29H,3,11-14H2,1-2H3. The molecule has 3 heterocycles. The Bertz CT molecular complexity index is 1300. The number of para-hydroxylation sites is 1. The molecular weight excluding hydrogens is 438 g/mol. The van der Waals surface area contributed by atoms with Crippen LogP contribution in [0.5, 0.6) is 5.75 Å². The number of aromatic nitrogens is 2. The van der Waals surface area contributed by atoms with Crippen LogP contribution in [0.3, 0.4) is 0 Å². The summed E-state index contributed by atoms with van der Waals surface area (Å²) in [5, 5.41) is 3.34. The van der Waals surface area contributed by atoms with E-state index in [4.69, 9.17) is 9.72 Å². The second kappa shape index (κ2) is 9.07. The van der Waals surface area contributed by atoms with Crippen LogP contribution in [0, 0.1) is 17.8 Å². The lowest BCUT2D eigenvalue weighted by Gasteiger charge is -2.24. The topological polar surface area (TPSA) is 59.4 Å². The molecule has 6 nitrogen and oxygen atoms in total. The van der Waals surface area contributed by atoms with Crippen molar-refractivity contribution in [2.45, 2.75) is 38.8 Å². The SMILES string of the molecule is CCC1c2nc3ccc(C#CC4CCNCC4)cc3n2-c2c(OC(F)F)cccc2C(=O)N1C. The molecule has 34 heavy (non-hydrogen) atoms. The lowest BCUT2D eigenvalue weighted by atomic mass is 9.98. The van der Waals surface area contributed by atoms with E-state index in [1.165, 1.54) is 6.07 Å². The molecule has 1 amide bonds. The van der Waals surface area contributed by atoms with E-state index in [0.717, 1.165) is 31.5 Å². The van der Waals surface area contributed by atoms with Crippen molar-refractivity contribution in [2.75, 3.05) is 20.1 Å². The van der Waals surface area contributed by atoms with Gasteiger partial charge in [-0.25, -0.2) is 4.98 Å². The van der Waals surface area contributed by atoms with Gasteiger partial charge in [0.25, 0.3) is 5.91 Å². The van der Waals surface area contributed by atoms with Gasteiger partial charge in [0.15, 0.2) is 5.75 Å². The zero-order valence-corrected chi connectivity index (χ0v) is 19.1. The highest BCUT2D eigenvalue weighted by atomic mass is 19.3. The van der Waals surface area contributed by atoms with Crippen molar-refractivity contribution >= 4 is 16.9 Å². The van der Waals surface area contributed by atoms with E-state index in [-0.39, 0.29) is 23.4 Å². The van der Waals surface area contributed by atoms with Gasteiger partial charge in [-0.1, -0.05) is 24.8 Å². The van der Waals surface area contributed by atoms with Crippen LogP contribution >= 0.6 is 0 Å². The summed E-state index contributed by atoms with van der Waals surface area (Å²) in [5.41, 5.74) is 2.82. The fourth-order valence-corrected chi connectivity index (χ4v) is 4.86. The molecule has 0 radical (unpaired) electrons. The average molecular weight is 465 g/mol. The Hall–Kier alpha value is -3.44. The van der Waals surface area contributed by atoms with Crippen LogP contribution in [0.15, 0.2) is 36.4 Å². The molecule has 1 aromatic heterocycles. The summed E-state index contributed by atoms with van der Waals surface area (Å²) in [6.07, 6.45) is 2.66. The molecule has 1 fully saturated rings. The normalized spacial score (nSPS) is 18.3. The summed E-state index contributed by atoms with van der Waals surface area (Å²) in [7, 11) is 1.71. The average Bonchev–Trinajstić information content (AvgIpc) is 3.17. The Morgan fingerprint density at radius 1 is 1.24 bits per heavy atom. The molecule has 2 aliphatic rings. The van der Waals surface area contributed by atoms with Gasteiger partial charge in [0.05, 0.1) is 22.6 Å². The highest BCUT2D eigenvalue weighted by molar-refractivity contribution is 6.00. The minimum absolute atomic E-state index is 0.0576. The van der Waals surface area contributed by atoms with Crippen molar-refractivity contribution in [3.63, 3.8) is 0 Å². The van der Waals surface area contributed by atoms with E-state index in [9.17, 15) is 13.6 Å². The third-order valence-electron chi connectivity index (χ3n) is 6.58. The number of halogens is 2. The fourth-order valence-electron chi connectivity index (χ4n) is 4.86. The summed E-state index contributed by atoms with van der Waals surface area (Å²) >= 11 is 0. The third-order valence-corrected chi connectivity index (χ3v) is 6.58. The van der Waals surface area contributed by atoms with Crippen molar-refractivity contribution in [3.8, 4) is 23.3 Å². The zero-order chi connectivity index (χ0) is 23.8. The van der Waals surface area contributed by atoms with Crippen LogP contribution < -0.4 is 10.1 Å². The Balaban J connectivity index is 1.73. The van der Waals surface area contributed by atoms with Crippen LogP contribution in [0.4, 0.5) is 8.78 Å². The number of hydrogen-bond acceptors (Lipinski definition) is 4. The predicted molar refractivity (Wildman–Crippen MR) is 125 cm³/mol. The van der Waals surface area contributed by atoms with Crippen molar-refractivity contribution in [2.24, 2.45) is 5.92 Å². The molecule has 1 saturated heterocycles. The maximum absolute atomic E-state index is 13.3. The summed E-state index contributed by atoms with van der Waals surface area (Å²) in [5.74, 6) is 7.30. The Labute approximate surface area is 196 Å². The number of amides is 1. The number of rotatable bonds is 3. The van der Waals surface area contributed by atoms with Gasteiger partial charge >= 0.3 is 6.61 Å². The molecule has 2 aliphatic heterocycles. The van der Waals surface area contributed by atoms with Gasteiger partial charge in [-0.05, 0) is 62.7 Å². The largest absolute Gasteiger partial charge is 0.433 e. The van der Waals surface area contributed by atoms with Gasteiger partial charge in [-0.15, -0.1) is 0 Å². The number of nitrogens with zero attached hydrogens (tertiary/aromatic N) is 3. The molecule has 8 heteroatoms. The van der Waals surface area contributed by atoms with Gasteiger partial charge in [0, 0.05) is 18.5 Å². The van der Waals surface area contributed by atoms with Gasteiger partial charge < -0.3 is 15.0 Å². The van der Waals surface area contributed by atoms with Gasteiger partial charge in [-0.2, -0.15) is 8.78 Å². The number of carbonyl (C=O) groups is 1. The molecule has 1 unspecified atom stereocenters. The van der Waals surface area contributed by atoms with Crippen molar-refractivity contribution in [1.82, 2.24) is 19.8 Å². The molecule has 1 N–H and O–H groups in total. The molecule has 2 aromatic carbocycles. The summed E-state index contributed by atoms with van der Waals surface area (Å²) < 4.78 is 33.3. The Morgan fingerprint density at radius 2 is 2.03 bits per heavy atom. The zero-order valence-electron chi connectivity index (χ0n) is 19.1. The number of fused-ring (bicyclic) bond motifs is 5. The van der Waals surface area contributed by atoms with Crippen LogP contribution in [0.2, 0.25) is 0 Å². The number of imidazole rings is 1. The van der Waals surface area contributed by atoms with E-state index in [2.05, 4.69) is 17.2 Å². The van der Waals surface area contributed by atoms with Crippen molar-refractivity contribution < 1.29 is 18.3 Å². The summed E-state index contributed by atoms with van der Waals surface area (Å²) in [6, 6.07) is 10.1. The second-order valence-corrected chi connectivity index (χ2v) is 8.67. The van der Waals surface area contributed by atoms with E-state index in [1.807, 2.05) is 25.1 Å². The minimum atomic E-state index is -3.02.